The van der Waals surface area contributed by atoms with Crippen LogP contribution >= 0.6 is 0 Å². The summed E-state index contributed by atoms with van der Waals surface area (Å²) in [6.45, 7) is 4.91. The van der Waals surface area contributed by atoms with Gasteiger partial charge in [-0.1, -0.05) is 20.8 Å². The van der Waals surface area contributed by atoms with E-state index in [0.29, 0.717) is 19.0 Å². The zero-order valence-corrected chi connectivity index (χ0v) is 8.19. The van der Waals surface area contributed by atoms with Gasteiger partial charge in [0.2, 0.25) is 0 Å². The molecule has 0 N–H and O–H groups in total. The Morgan fingerprint density at radius 2 is 1.92 bits per heavy atom. The molecule has 1 atom stereocenters. The minimum Gasteiger partial charge on any atom is -0.247 e. The van der Waals surface area contributed by atoms with Gasteiger partial charge in [0.05, 0.1) is 0 Å². The first kappa shape index (κ1) is 11.8. The number of hydrogen-bond acceptors (Lipinski definition) is 1. The Bertz CT molecular complexity index is 107. The monoisotopic (exact) mass is 179 g/mol. The van der Waals surface area contributed by atoms with E-state index in [-0.39, 0.29) is 0 Å². The van der Waals surface area contributed by atoms with E-state index < -0.39 is 6.55 Å². The lowest BCUT2D eigenvalue weighted by atomic mass is 10.0. The lowest BCUT2D eigenvalue weighted by Gasteiger charge is -2.29. The molecule has 1 aliphatic heterocycles. The number of hydrogen-bond donors (Lipinski definition) is 0. The first-order valence-corrected chi connectivity index (χ1v) is 4.72. The van der Waals surface area contributed by atoms with Gasteiger partial charge in [-0.05, 0) is 18.8 Å². The summed E-state index contributed by atoms with van der Waals surface area (Å²) < 4.78 is 24.0. The predicted molar refractivity (Wildman–Crippen MR) is 47.3 cm³/mol. The molecular weight excluding hydrogens is 160 g/mol. The number of nitrogens with zero attached hydrogens (tertiary/aromatic N) is 1. The topological polar surface area (TPSA) is 3.24 Å². The molecule has 1 saturated heterocycles. The second kappa shape index (κ2) is 6.35. The Morgan fingerprint density at radius 1 is 1.33 bits per heavy atom. The van der Waals surface area contributed by atoms with E-state index in [1.807, 2.05) is 20.8 Å². The van der Waals surface area contributed by atoms with Crippen molar-refractivity contribution in [2.45, 2.75) is 40.2 Å². The van der Waals surface area contributed by atoms with E-state index in [4.69, 9.17) is 0 Å². The summed E-state index contributed by atoms with van der Waals surface area (Å²) in [4.78, 5) is 1.24. The van der Waals surface area contributed by atoms with Gasteiger partial charge in [-0.3, -0.25) is 0 Å². The van der Waals surface area contributed by atoms with Crippen LogP contribution < -0.4 is 0 Å². The smallest absolute Gasteiger partial charge is 0.247 e. The molecule has 12 heavy (non-hydrogen) atoms. The van der Waals surface area contributed by atoms with Gasteiger partial charge in [-0.2, -0.15) is 8.78 Å². The molecule has 0 aliphatic carbocycles. The van der Waals surface area contributed by atoms with E-state index in [1.54, 1.807) is 0 Å². The Hall–Kier alpha value is -0.180. The SMILES string of the molecule is CC.CC1CCCN(C(F)F)C1. The van der Waals surface area contributed by atoms with E-state index in [0.717, 1.165) is 12.8 Å². The lowest BCUT2D eigenvalue weighted by molar-refractivity contribution is -0.0472. The Labute approximate surface area is 73.7 Å². The minimum atomic E-state index is -2.25. The van der Waals surface area contributed by atoms with Gasteiger partial charge in [0, 0.05) is 13.1 Å². The molecule has 0 aromatic heterocycles. The van der Waals surface area contributed by atoms with Crippen molar-refractivity contribution < 1.29 is 8.78 Å². The molecule has 1 fully saturated rings. The summed E-state index contributed by atoms with van der Waals surface area (Å²) in [7, 11) is 0. The molecule has 1 unspecified atom stereocenters. The highest BCUT2D eigenvalue weighted by Crippen LogP contribution is 2.18. The largest absolute Gasteiger partial charge is 0.294 e. The van der Waals surface area contributed by atoms with Crippen molar-refractivity contribution in [1.29, 1.82) is 0 Å². The van der Waals surface area contributed by atoms with Gasteiger partial charge >= 0.3 is 0 Å². The Kier molecular flexibility index (Phi) is 6.25. The number of rotatable bonds is 1. The average Bonchev–Trinajstić information content (AvgIpc) is 2.08. The Morgan fingerprint density at radius 3 is 2.25 bits per heavy atom. The molecule has 1 heterocycles. The van der Waals surface area contributed by atoms with Crippen LogP contribution in [-0.2, 0) is 0 Å². The molecule has 0 spiro atoms. The summed E-state index contributed by atoms with van der Waals surface area (Å²) in [5, 5.41) is 0. The van der Waals surface area contributed by atoms with Crippen LogP contribution in [0.5, 0.6) is 0 Å². The fraction of sp³-hybridized carbons (Fsp3) is 1.00. The molecule has 1 aliphatic rings. The molecule has 74 valence electrons. The van der Waals surface area contributed by atoms with Gasteiger partial charge < -0.3 is 0 Å². The molecule has 0 radical (unpaired) electrons. The molecule has 3 heteroatoms. The fourth-order valence-electron chi connectivity index (χ4n) is 1.40. The van der Waals surface area contributed by atoms with Crippen LogP contribution in [0.25, 0.3) is 0 Å². The van der Waals surface area contributed by atoms with Gasteiger partial charge in [-0.25, -0.2) is 4.90 Å². The van der Waals surface area contributed by atoms with Gasteiger partial charge in [-0.15, -0.1) is 0 Å². The van der Waals surface area contributed by atoms with Crippen molar-refractivity contribution in [3.8, 4) is 0 Å². The van der Waals surface area contributed by atoms with E-state index >= 15 is 0 Å². The molecular formula is C9H19F2N. The highest BCUT2D eigenvalue weighted by atomic mass is 19.3. The van der Waals surface area contributed by atoms with Crippen molar-refractivity contribution in [2.75, 3.05) is 13.1 Å². The van der Waals surface area contributed by atoms with Crippen molar-refractivity contribution in [3.05, 3.63) is 0 Å². The summed E-state index contributed by atoms with van der Waals surface area (Å²) >= 11 is 0. The molecule has 1 nitrogen and oxygen atoms in total. The van der Waals surface area contributed by atoms with Crippen LogP contribution in [-0.4, -0.2) is 24.5 Å². The van der Waals surface area contributed by atoms with Gasteiger partial charge in [0.25, 0.3) is 6.55 Å². The third-order valence-corrected chi connectivity index (χ3v) is 1.96. The van der Waals surface area contributed by atoms with Crippen LogP contribution in [0.2, 0.25) is 0 Å². The van der Waals surface area contributed by atoms with Crippen LogP contribution in [0, 0.1) is 5.92 Å². The zero-order chi connectivity index (χ0) is 9.56. The van der Waals surface area contributed by atoms with E-state index in [9.17, 15) is 8.78 Å². The molecule has 0 saturated carbocycles. The molecule has 0 bridgehead atoms. The molecule has 0 aromatic carbocycles. The van der Waals surface area contributed by atoms with E-state index in [1.165, 1.54) is 4.90 Å². The number of likely N-dealkylation sites (tertiary alicyclic amines) is 1. The second-order valence-corrected chi connectivity index (χ2v) is 3.02. The highest BCUT2D eigenvalue weighted by Gasteiger charge is 2.22. The van der Waals surface area contributed by atoms with E-state index in [2.05, 4.69) is 0 Å². The van der Waals surface area contributed by atoms with Crippen molar-refractivity contribution in [1.82, 2.24) is 4.90 Å². The van der Waals surface area contributed by atoms with Gasteiger partial charge in [0.15, 0.2) is 0 Å². The Balaban J connectivity index is 0.000000561. The van der Waals surface area contributed by atoms with Crippen molar-refractivity contribution in [2.24, 2.45) is 5.92 Å². The van der Waals surface area contributed by atoms with Crippen molar-refractivity contribution >= 4 is 0 Å². The fourth-order valence-corrected chi connectivity index (χ4v) is 1.40. The first-order valence-electron chi connectivity index (χ1n) is 4.72. The third-order valence-electron chi connectivity index (χ3n) is 1.96. The second-order valence-electron chi connectivity index (χ2n) is 3.02. The zero-order valence-electron chi connectivity index (χ0n) is 8.19. The molecule has 1 rings (SSSR count). The van der Waals surface area contributed by atoms with Gasteiger partial charge in [0.1, 0.15) is 0 Å². The first-order chi connectivity index (χ1) is 5.70. The predicted octanol–water partition coefficient (Wildman–Crippen LogP) is 2.97. The summed E-state index contributed by atoms with van der Waals surface area (Å²) in [6, 6.07) is 0. The number of alkyl halides is 2. The maximum absolute atomic E-state index is 12.0. The van der Waals surface area contributed by atoms with Crippen LogP contribution in [0.1, 0.15) is 33.6 Å². The standard InChI is InChI=1S/C7H13F2N.C2H6/c1-6-3-2-4-10(5-6)7(8)9;1-2/h6-7H,2-5H2,1H3;1-2H3. The van der Waals surface area contributed by atoms with Crippen LogP contribution in [0.3, 0.4) is 0 Å². The summed E-state index contributed by atoms with van der Waals surface area (Å²) in [5.74, 6) is 0.447. The summed E-state index contributed by atoms with van der Waals surface area (Å²) in [5.41, 5.74) is 0. The normalized spacial score (nSPS) is 25.0. The lowest BCUT2D eigenvalue weighted by Crippen LogP contribution is -2.37. The third kappa shape index (κ3) is 4.00. The summed E-state index contributed by atoms with van der Waals surface area (Å²) in [6.07, 6.45) is 2.02. The quantitative estimate of drug-likeness (QED) is 0.559. The molecule has 0 amide bonds. The maximum atomic E-state index is 12.0. The number of piperidine rings is 1. The number of halogens is 2. The molecule has 0 aromatic rings. The average molecular weight is 179 g/mol. The maximum Gasteiger partial charge on any atom is 0.294 e. The van der Waals surface area contributed by atoms with Crippen LogP contribution in [0.15, 0.2) is 0 Å². The van der Waals surface area contributed by atoms with Crippen LogP contribution in [0.4, 0.5) is 8.78 Å². The van der Waals surface area contributed by atoms with Crippen molar-refractivity contribution in [3.63, 3.8) is 0 Å². The minimum absolute atomic E-state index is 0.447. The highest BCUT2D eigenvalue weighted by molar-refractivity contribution is 4.68.